The molecule has 1 saturated carbocycles. The van der Waals surface area contributed by atoms with Gasteiger partial charge in [-0.2, -0.15) is 0 Å². The van der Waals surface area contributed by atoms with E-state index in [1.165, 1.54) is 5.56 Å². The van der Waals surface area contributed by atoms with E-state index >= 15 is 0 Å². The third-order valence-corrected chi connectivity index (χ3v) is 3.72. The summed E-state index contributed by atoms with van der Waals surface area (Å²) in [6.07, 6.45) is 1.45. The number of hydrogen-bond donors (Lipinski definition) is 2. The molecule has 0 saturated heterocycles. The summed E-state index contributed by atoms with van der Waals surface area (Å²) in [5.41, 5.74) is 0.726. The van der Waals surface area contributed by atoms with Gasteiger partial charge in [0.25, 0.3) is 0 Å². The third-order valence-electron chi connectivity index (χ3n) is 3.72. The molecule has 0 unspecified atom stereocenters. The fourth-order valence-corrected chi connectivity index (χ4v) is 2.83. The molecule has 21 heavy (non-hydrogen) atoms. The van der Waals surface area contributed by atoms with Gasteiger partial charge in [0.15, 0.2) is 0 Å². The van der Waals surface area contributed by atoms with Gasteiger partial charge in [-0.1, -0.05) is 30.3 Å². The highest BCUT2D eigenvalue weighted by atomic mass is 16.6. The molecule has 0 heterocycles. The molecule has 2 N–H and O–H groups in total. The lowest BCUT2D eigenvalue weighted by Crippen LogP contribution is -2.38. The molecule has 116 valence electrons. The lowest BCUT2D eigenvalue weighted by molar-refractivity contribution is 0.0502. The Hall–Kier alpha value is -1.55. The Balaban J connectivity index is 1.85. The van der Waals surface area contributed by atoms with Crippen LogP contribution in [0.1, 0.15) is 39.2 Å². The molecular weight excluding hydrogens is 266 g/mol. The first-order chi connectivity index (χ1) is 9.83. The van der Waals surface area contributed by atoms with Crippen molar-refractivity contribution in [3.63, 3.8) is 0 Å². The predicted octanol–water partition coefficient (Wildman–Crippen LogP) is 2.89. The quantitative estimate of drug-likeness (QED) is 0.900. The summed E-state index contributed by atoms with van der Waals surface area (Å²) in [7, 11) is 0. The molecular formula is C17H25NO3. The van der Waals surface area contributed by atoms with Crippen LogP contribution in [-0.2, 0) is 11.2 Å². The Morgan fingerprint density at radius 1 is 1.29 bits per heavy atom. The Morgan fingerprint density at radius 2 is 1.95 bits per heavy atom. The Bertz CT molecular complexity index is 467. The van der Waals surface area contributed by atoms with E-state index in [4.69, 9.17) is 4.74 Å². The fourth-order valence-electron chi connectivity index (χ4n) is 2.83. The molecule has 4 heteroatoms. The van der Waals surface area contributed by atoms with Gasteiger partial charge in [-0.25, -0.2) is 4.79 Å². The van der Waals surface area contributed by atoms with Gasteiger partial charge >= 0.3 is 6.09 Å². The molecule has 1 aliphatic carbocycles. The van der Waals surface area contributed by atoms with Crippen LogP contribution in [0.4, 0.5) is 4.79 Å². The van der Waals surface area contributed by atoms with Gasteiger partial charge in [-0.05, 0) is 51.5 Å². The smallest absolute Gasteiger partial charge is 0.407 e. The molecule has 1 fully saturated rings. The van der Waals surface area contributed by atoms with E-state index in [1.54, 1.807) is 0 Å². The van der Waals surface area contributed by atoms with Crippen LogP contribution in [0.2, 0.25) is 0 Å². The van der Waals surface area contributed by atoms with E-state index in [9.17, 15) is 9.90 Å². The Labute approximate surface area is 126 Å². The summed E-state index contributed by atoms with van der Waals surface area (Å²) in [5.74, 6) is 0.187. The van der Waals surface area contributed by atoms with Crippen LogP contribution in [0.3, 0.4) is 0 Å². The second-order valence-corrected chi connectivity index (χ2v) is 6.83. The van der Waals surface area contributed by atoms with Gasteiger partial charge in [-0.3, -0.25) is 0 Å². The number of amides is 1. The first-order valence-corrected chi connectivity index (χ1v) is 7.55. The molecule has 2 rings (SSSR count). The Kier molecular flexibility index (Phi) is 4.88. The van der Waals surface area contributed by atoms with Gasteiger partial charge in [0, 0.05) is 6.04 Å². The number of rotatable bonds is 3. The van der Waals surface area contributed by atoms with Crippen LogP contribution in [0.25, 0.3) is 0 Å². The van der Waals surface area contributed by atoms with Gasteiger partial charge in [0.05, 0.1) is 6.10 Å². The second kappa shape index (κ2) is 6.48. The number of carbonyl (C=O) groups excluding carboxylic acids is 1. The van der Waals surface area contributed by atoms with E-state index in [-0.39, 0.29) is 18.1 Å². The van der Waals surface area contributed by atoms with Crippen LogP contribution in [0, 0.1) is 5.92 Å². The lowest BCUT2D eigenvalue weighted by atomic mass is 9.96. The van der Waals surface area contributed by atoms with Crippen molar-refractivity contribution < 1.29 is 14.6 Å². The van der Waals surface area contributed by atoms with E-state index in [0.717, 1.165) is 12.8 Å². The molecule has 0 aliphatic heterocycles. The van der Waals surface area contributed by atoms with Gasteiger partial charge < -0.3 is 15.2 Å². The number of benzene rings is 1. The predicted molar refractivity (Wildman–Crippen MR) is 82.0 cm³/mol. The average molecular weight is 291 g/mol. The maximum Gasteiger partial charge on any atom is 0.407 e. The summed E-state index contributed by atoms with van der Waals surface area (Å²) >= 11 is 0. The number of nitrogens with one attached hydrogen (secondary N) is 1. The lowest BCUT2D eigenvalue weighted by Gasteiger charge is -2.21. The van der Waals surface area contributed by atoms with Crippen molar-refractivity contribution in [2.45, 2.75) is 57.8 Å². The number of ether oxygens (including phenoxy) is 1. The van der Waals surface area contributed by atoms with Gasteiger partial charge in [-0.15, -0.1) is 0 Å². The topological polar surface area (TPSA) is 58.6 Å². The summed E-state index contributed by atoms with van der Waals surface area (Å²) in [6, 6.07) is 10.1. The first kappa shape index (κ1) is 15.8. The average Bonchev–Trinajstić information content (AvgIpc) is 2.68. The summed E-state index contributed by atoms with van der Waals surface area (Å²) < 4.78 is 5.26. The molecule has 4 nitrogen and oxygen atoms in total. The zero-order valence-corrected chi connectivity index (χ0v) is 13.0. The minimum absolute atomic E-state index is 0.0106. The molecule has 1 aliphatic rings. The highest BCUT2D eigenvalue weighted by molar-refractivity contribution is 5.68. The van der Waals surface area contributed by atoms with E-state index in [2.05, 4.69) is 17.4 Å². The highest BCUT2D eigenvalue weighted by Gasteiger charge is 2.34. The van der Waals surface area contributed by atoms with E-state index in [0.29, 0.717) is 6.42 Å². The normalized spacial score (nSPS) is 25.6. The molecule has 1 aromatic carbocycles. The summed E-state index contributed by atoms with van der Waals surface area (Å²) in [6.45, 7) is 5.52. The molecule has 1 aromatic rings. The van der Waals surface area contributed by atoms with Crippen molar-refractivity contribution >= 4 is 6.09 Å². The zero-order valence-electron chi connectivity index (χ0n) is 13.0. The Morgan fingerprint density at radius 3 is 2.57 bits per heavy atom. The molecule has 0 aromatic heterocycles. The second-order valence-electron chi connectivity index (χ2n) is 6.83. The molecule has 0 radical (unpaired) electrons. The molecule has 1 amide bonds. The minimum Gasteiger partial charge on any atom is -0.444 e. The van der Waals surface area contributed by atoms with Crippen molar-refractivity contribution in [2.24, 2.45) is 5.92 Å². The summed E-state index contributed by atoms with van der Waals surface area (Å²) in [4.78, 5) is 11.8. The van der Waals surface area contributed by atoms with Crippen molar-refractivity contribution in [2.75, 3.05) is 0 Å². The summed E-state index contributed by atoms with van der Waals surface area (Å²) in [5, 5.41) is 13.0. The van der Waals surface area contributed by atoms with Crippen molar-refractivity contribution in [1.82, 2.24) is 5.32 Å². The van der Waals surface area contributed by atoms with Crippen LogP contribution in [0.15, 0.2) is 30.3 Å². The fraction of sp³-hybridized carbons (Fsp3) is 0.588. The van der Waals surface area contributed by atoms with E-state index < -0.39 is 11.7 Å². The van der Waals surface area contributed by atoms with Crippen molar-refractivity contribution in [3.8, 4) is 0 Å². The number of carbonyl (C=O) groups is 1. The van der Waals surface area contributed by atoms with E-state index in [1.807, 2.05) is 39.0 Å². The van der Waals surface area contributed by atoms with Gasteiger partial charge in [0.2, 0.25) is 0 Å². The van der Waals surface area contributed by atoms with Crippen molar-refractivity contribution in [3.05, 3.63) is 35.9 Å². The monoisotopic (exact) mass is 291 g/mol. The largest absolute Gasteiger partial charge is 0.444 e. The van der Waals surface area contributed by atoms with Crippen molar-refractivity contribution in [1.29, 1.82) is 0 Å². The zero-order chi connectivity index (χ0) is 15.5. The van der Waals surface area contributed by atoms with Crippen LogP contribution < -0.4 is 5.32 Å². The maximum atomic E-state index is 11.8. The van der Waals surface area contributed by atoms with Crippen LogP contribution in [-0.4, -0.2) is 28.9 Å². The maximum absolute atomic E-state index is 11.8. The first-order valence-electron chi connectivity index (χ1n) is 7.55. The number of hydrogen-bond acceptors (Lipinski definition) is 3. The molecule has 0 spiro atoms. The number of alkyl carbamates (subject to hydrolysis) is 1. The van der Waals surface area contributed by atoms with Gasteiger partial charge in [0.1, 0.15) is 5.60 Å². The number of aliphatic hydroxyl groups excluding tert-OH is 1. The number of aliphatic hydroxyl groups is 1. The third kappa shape index (κ3) is 5.05. The van der Waals surface area contributed by atoms with Crippen LogP contribution in [0.5, 0.6) is 0 Å². The SMILES string of the molecule is CC(C)(C)OC(=O)N[C@@H]1C[C@@H](Cc2ccccc2)[C@H](O)C1. The molecule has 3 atom stereocenters. The van der Waals surface area contributed by atoms with Crippen LogP contribution >= 0.6 is 0 Å². The minimum atomic E-state index is -0.495. The standard InChI is InChI=1S/C17H25NO3/c1-17(2,3)21-16(20)18-14-10-13(15(19)11-14)9-12-7-5-4-6-8-12/h4-8,13-15,19H,9-11H2,1-3H3,(H,18,20)/t13-,14-,15-/m1/s1. The molecule has 0 bridgehead atoms. The highest BCUT2D eigenvalue weighted by Crippen LogP contribution is 2.29.